The Kier molecular flexibility index (Phi) is 7.70. The van der Waals surface area contributed by atoms with Crippen LogP contribution in [0.4, 0.5) is 5.69 Å². The van der Waals surface area contributed by atoms with Gasteiger partial charge in [0.25, 0.3) is 0 Å². The van der Waals surface area contributed by atoms with Crippen molar-refractivity contribution < 1.29 is 8.42 Å². The molecule has 1 aromatic rings. The molecule has 0 aliphatic carbocycles. The summed E-state index contributed by atoms with van der Waals surface area (Å²) in [5.74, 6) is 0. The maximum Gasteiger partial charge on any atom is 0.240 e. The van der Waals surface area contributed by atoms with Crippen molar-refractivity contribution in [3.8, 4) is 0 Å². The van der Waals surface area contributed by atoms with Crippen molar-refractivity contribution in [1.82, 2.24) is 4.72 Å². The van der Waals surface area contributed by atoms with Gasteiger partial charge in [0.15, 0.2) is 0 Å². The SMILES string of the molecule is CCCCCCCCNS(=O)(=O)c1cc(N)c(Br)cc1C. The third-order valence-electron chi connectivity index (χ3n) is 3.41. The first-order valence-electron chi connectivity index (χ1n) is 7.43. The molecule has 120 valence electrons. The van der Waals surface area contributed by atoms with E-state index in [1.165, 1.54) is 31.7 Å². The molecule has 0 heterocycles. The number of nitrogen functional groups attached to an aromatic ring is 1. The molecule has 3 N–H and O–H groups in total. The summed E-state index contributed by atoms with van der Waals surface area (Å²) in [6.07, 6.45) is 6.80. The number of anilines is 1. The van der Waals surface area contributed by atoms with Crippen LogP contribution in [0.25, 0.3) is 0 Å². The van der Waals surface area contributed by atoms with Gasteiger partial charge in [0.1, 0.15) is 0 Å². The summed E-state index contributed by atoms with van der Waals surface area (Å²) in [6, 6.07) is 3.23. The van der Waals surface area contributed by atoms with Gasteiger partial charge in [0.2, 0.25) is 10.0 Å². The van der Waals surface area contributed by atoms with Crippen LogP contribution >= 0.6 is 15.9 Å². The minimum absolute atomic E-state index is 0.259. The van der Waals surface area contributed by atoms with Crippen LogP contribution in [-0.2, 0) is 10.0 Å². The van der Waals surface area contributed by atoms with Crippen LogP contribution in [0.3, 0.4) is 0 Å². The van der Waals surface area contributed by atoms with E-state index in [-0.39, 0.29) is 4.90 Å². The van der Waals surface area contributed by atoms with Crippen LogP contribution in [0.5, 0.6) is 0 Å². The van der Waals surface area contributed by atoms with Crippen molar-refractivity contribution in [1.29, 1.82) is 0 Å². The van der Waals surface area contributed by atoms with Gasteiger partial charge in [-0.3, -0.25) is 0 Å². The molecule has 0 aliphatic heterocycles. The third-order valence-corrected chi connectivity index (χ3v) is 5.70. The fourth-order valence-corrected chi connectivity index (χ4v) is 3.94. The van der Waals surface area contributed by atoms with Crippen LogP contribution in [0, 0.1) is 6.92 Å². The molecule has 0 saturated carbocycles. The number of rotatable bonds is 9. The molecule has 1 aromatic carbocycles. The van der Waals surface area contributed by atoms with Gasteiger partial charge in [-0.05, 0) is 47.0 Å². The standard InChI is InChI=1S/C15H25BrN2O2S/c1-3-4-5-6-7-8-9-18-21(19,20)15-11-14(17)13(16)10-12(15)2/h10-11,18H,3-9,17H2,1-2H3. The number of aryl methyl sites for hydroxylation is 1. The van der Waals surface area contributed by atoms with Gasteiger partial charge in [-0.1, -0.05) is 39.0 Å². The molecule has 0 amide bonds. The quantitative estimate of drug-likeness (QED) is 0.505. The van der Waals surface area contributed by atoms with E-state index < -0.39 is 10.0 Å². The van der Waals surface area contributed by atoms with Crippen molar-refractivity contribution in [3.63, 3.8) is 0 Å². The molecule has 0 atom stereocenters. The summed E-state index contributed by atoms with van der Waals surface area (Å²) in [5, 5.41) is 0. The van der Waals surface area contributed by atoms with E-state index >= 15 is 0 Å². The third kappa shape index (κ3) is 5.96. The van der Waals surface area contributed by atoms with E-state index in [4.69, 9.17) is 5.73 Å². The van der Waals surface area contributed by atoms with Gasteiger partial charge in [-0.2, -0.15) is 0 Å². The molecule has 0 unspecified atom stereocenters. The molecular weight excluding hydrogens is 352 g/mol. The van der Waals surface area contributed by atoms with Crippen molar-refractivity contribution in [2.75, 3.05) is 12.3 Å². The molecule has 4 nitrogen and oxygen atoms in total. The summed E-state index contributed by atoms with van der Waals surface area (Å²) >= 11 is 3.30. The summed E-state index contributed by atoms with van der Waals surface area (Å²) < 4.78 is 27.9. The lowest BCUT2D eigenvalue weighted by Gasteiger charge is -2.11. The number of hydrogen-bond donors (Lipinski definition) is 2. The molecule has 0 radical (unpaired) electrons. The van der Waals surface area contributed by atoms with Gasteiger partial charge in [-0.25, -0.2) is 13.1 Å². The molecule has 6 heteroatoms. The lowest BCUT2D eigenvalue weighted by Crippen LogP contribution is -2.25. The highest BCUT2D eigenvalue weighted by atomic mass is 79.9. The zero-order chi connectivity index (χ0) is 15.9. The molecule has 0 aliphatic rings. The highest BCUT2D eigenvalue weighted by Gasteiger charge is 2.17. The van der Waals surface area contributed by atoms with Gasteiger partial charge in [0, 0.05) is 16.7 Å². The van der Waals surface area contributed by atoms with E-state index in [0.29, 0.717) is 17.8 Å². The first-order chi connectivity index (χ1) is 9.88. The van der Waals surface area contributed by atoms with Crippen molar-refractivity contribution >= 4 is 31.6 Å². The van der Waals surface area contributed by atoms with Crippen molar-refractivity contribution in [2.24, 2.45) is 0 Å². The predicted molar refractivity (Wildman–Crippen MR) is 91.9 cm³/mol. The maximum atomic E-state index is 12.3. The molecular formula is C15H25BrN2O2S. The normalized spacial score (nSPS) is 11.8. The minimum Gasteiger partial charge on any atom is -0.398 e. The van der Waals surface area contributed by atoms with Crippen molar-refractivity contribution in [2.45, 2.75) is 57.3 Å². The fraction of sp³-hybridized carbons (Fsp3) is 0.600. The average Bonchev–Trinajstić information content (AvgIpc) is 2.41. The second-order valence-electron chi connectivity index (χ2n) is 5.30. The first-order valence-corrected chi connectivity index (χ1v) is 9.71. The van der Waals surface area contributed by atoms with Crippen LogP contribution in [0.1, 0.15) is 51.0 Å². The van der Waals surface area contributed by atoms with Crippen LogP contribution in [0.15, 0.2) is 21.5 Å². The molecule has 0 bridgehead atoms. The molecule has 1 rings (SSSR count). The first kappa shape index (κ1) is 18.5. The van der Waals surface area contributed by atoms with E-state index in [1.54, 1.807) is 13.0 Å². The number of sulfonamides is 1. The van der Waals surface area contributed by atoms with Gasteiger partial charge < -0.3 is 5.73 Å². The lowest BCUT2D eigenvalue weighted by molar-refractivity contribution is 0.567. The minimum atomic E-state index is -3.48. The van der Waals surface area contributed by atoms with E-state index in [2.05, 4.69) is 27.6 Å². The van der Waals surface area contributed by atoms with Crippen LogP contribution in [-0.4, -0.2) is 15.0 Å². The van der Waals surface area contributed by atoms with Gasteiger partial charge in [-0.15, -0.1) is 0 Å². The van der Waals surface area contributed by atoms with Gasteiger partial charge >= 0.3 is 0 Å². The van der Waals surface area contributed by atoms with E-state index in [9.17, 15) is 8.42 Å². The smallest absolute Gasteiger partial charge is 0.240 e. The maximum absolute atomic E-state index is 12.3. The Labute approximate surface area is 136 Å². The second kappa shape index (κ2) is 8.76. The Balaban J connectivity index is 2.53. The highest BCUT2D eigenvalue weighted by molar-refractivity contribution is 9.10. The van der Waals surface area contributed by atoms with Crippen LogP contribution in [0.2, 0.25) is 0 Å². The Hall–Kier alpha value is -0.590. The summed E-state index contributed by atoms with van der Waals surface area (Å²) in [7, 11) is -3.48. The number of nitrogens with two attached hydrogens (primary N) is 1. The molecule has 0 spiro atoms. The monoisotopic (exact) mass is 376 g/mol. The summed E-state index contributed by atoms with van der Waals surface area (Å²) in [6.45, 7) is 4.42. The molecule has 0 saturated heterocycles. The topological polar surface area (TPSA) is 72.2 Å². The number of benzene rings is 1. The largest absolute Gasteiger partial charge is 0.398 e. The predicted octanol–water partition coefficient (Wildman–Crippen LogP) is 3.98. The fourth-order valence-electron chi connectivity index (χ4n) is 2.15. The Morgan fingerprint density at radius 3 is 2.43 bits per heavy atom. The number of hydrogen-bond acceptors (Lipinski definition) is 3. The molecule has 21 heavy (non-hydrogen) atoms. The Bertz CT molecular complexity index is 559. The number of halogens is 1. The number of nitrogens with one attached hydrogen (secondary N) is 1. The zero-order valence-electron chi connectivity index (χ0n) is 12.8. The highest BCUT2D eigenvalue weighted by Crippen LogP contribution is 2.26. The lowest BCUT2D eigenvalue weighted by atomic mass is 10.1. The van der Waals surface area contributed by atoms with E-state index in [0.717, 1.165) is 17.3 Å². The summed E-state index contributed by atoms with van der Waals surface area (Å²) in [4.78, 5) is 0.259. The second-order valence-corrected chi connectivity index (χ2v) is 7.89. The van der Waals surface area contributed by atoms with Crippen LogP contribution < -0.4 is 10.5 Å². The Morgan fingerprint density at radius 1 is 1.14 bits per heavy atom. The molecule has 0 fully saturated rings. The van der Waals surface area contributed by atoms with Crippen molar-refractivity contribution in [3.05, 3.63) is 22.2 Å². The Morgan fingerprint density at radius 2 is 1.76 bits per heavy atom. The zero-order valence-corrected chi connectivity index (χ0v) is 15.2. The number of unbranched alkanes of at least 4 members (excludes halogenated alkanes) is 5. The van der Waals surface area contributed by atoms with E-state index in [1.807, 2.05) is 0 Å². The summed E-state index contributed by atoms with van der Waals surface area (Å²) in [5.41, 5.74) is 6.89. The molecule has 0 aromatic heterocycles. The average molecular weight is 377 g/mol. The van der Waals surface area contributed by atoms with Gasteiger partial charge in [0.05, 0.1) is 4.90 Å².